The van der Waals surface area contributed by atoms with E-state index in [0.29, 0.717) is 25.9 Å². The molecule has 7 heteroatoms. The van der Waals surface area contributed by atoms with Crippen LogP contribution in [0.1, 0.15) is 25.8 Å². The van der Waals surface area contributed by atoms with E-state index < -0.39 is 0 Å². The van der Waals surface area contributed by atoms with Gasteiger partial charge >= 0.3 is 0 Å². The van der Waals surface area contributed by atoms with Crippen molar-refractivity contribution in [3.05, 3.63) is 63.0 Å². The number of benzene rings is 2. The number of nitrogens with zero attached hydrogens (tertiary/aromatic N) is 2. The molecule has 1 amide bonds. The lowest BCUT2D eigenvalue weighted by molar-refractivity contribution is -0.121. The summed E-state index contributed by atoms with van der Waals surface area (Å²) in [6.07, 6.45) is 2.80. The molecule has 2 aromatic carbocycles. The van der Waals surface area contributed by atoms with Crippen molar-refractivity contribution in [1.29, 1.82) is 0 Å². The third-order valence-electron chi connectivity index (χ3n) is 4.21. The van der Waals surface area contributed by atoms with E-state index in [1.54, 1.807) is 25.2 Å². The van der Waals surface area contributed by atoms with Crippen molar-refractivity contribution < 1.29 is 9.53 Å². The van der Waals surface area contributed by atoms with E-state index in [0.717, 1.165) is 17.7 Å². The number of hydrogen-bond acceptors (Lipinski definition) is 4. The number of thioether (sulfide) groups is 1. The molecule has 4 nitrogen and oxygen atoms in total. The van der Waals surface area contributed by atoms with Crippen LogP contribution in [0.5, 0.6) is 5.75 Å². The first-order chi connectivity index (χ1) is 13.4. The van der Waals surface area contributed by atoms with Gasteiger partial charge in [0.2, 0.25) is 0 Å². The molecule has 1 saturated heterocycles. The Labute approximate surface area is 179 Å². The summed E-state index contributed by atoms with van der Waals surface area (Å²) in [5, 5.41) is 1.78. The van der Waals surface area contributed by atoms with Crippen molar-refractivity contribution in [1.82, 2.24) is 4.90 Å². The maximum absolute atomic E-state index is 12.6. The second-order valence-electron chi connectivity index (χ2n) is 6.37. The number of aliphatic imine (C=N–C) groups is 1. The van der Waals surface area contributed by atoms with Crippen molar-refractivity contribution in [2.75, 3.05) is 7.05 Å². The number of carbonyl (C=O) groups is 1. The van der Waals surface area contributed by atoms with Gasteiger partial charge in [-0.15, -0.1) is 0 Å². The minimum atomic E-state index is -0.103. The fourth-order valence-corrected chi connectivity index (χ4v) is 3.78. The highest BCUT2D eigenvalue weighted by Gasteiger charge is 2.30. The number of likely N-dealkylation sites (N-methyl/N-ethyl adjacent to an activating group) is 1. The van der Waals surface area contributed by atoms with Crippen LogP contribution < -0.4 is 4.74 Å². The lowest BCUT2D eigenvalue weighted by Gasteiger charge is -2.14. The summed E-state index contributed by atoms with van der Waals surface area (Å²) in [4.78, 5) is 19.2. The minimum absolute atomic E-state index is 0.0916. The second kappa shape index (κ2) is 9.03. The Hall–Kier alpha value is -1.95. The van der Waals surface area contributed by atoms with Gasteiger partial charge < -0.3 is 4.74 Å². The average Bonchev–Trinajstić information content (AvgIpc) is 2.93. The molecular formula is C21H20Cl2N2O2S. The normalized spacial score (nSPS) is 18.2. The van der Waals surface area contributed by atoms with Crippen molar-refractivity contribution in [3.8, 4) is 5.75 Å². The first-order valence-electron chi connectivity index (χ1n) is 8.85. The van der Waals surface area contributed by atoms with Gasteiger partial charge in [0.15, 0.2) is 5.17 Å². The van der Waals surface area contributed by atoms with Gasteiger partial charge in [0.05, 0.1) is 21.7 Å². The smallest absolute Gasteiger partial charge is 0.266 e. The Morgan fingerprint density at radius 3 is 2.57 bits per heavy atom. The zero-order valence-electron chi connectivity index (χ0n) is 15.8. The summed E-state index contributed by atoms with van der Waals surface area (Å²) in [5.74, 6) is 0.541. The number of amides is 1. The van der Waals surface area contributed by atoms with Crippen molar-refractivity contribution >= 4 is 57.8 Å². The second-order valence-corrected chi connectivity index (χ2v) is 8.22. The van der Waals surface area contributed by atoms with E-state index in [1.807, 2.05) is 37.3 Å². The Morgan fingerprint density at radius 1 is 1.21 bits per heavy atom. The van der Waals surface area contributed by atoms with Crippen LogP contribution in [0.3, 0.4) is 0 Å². The summed E-state index contributed by atoms with van der Waals surface area (Å²) in [5.41, 5.74) is 1.57. The zero-order chi connectivity index (χ0) is 20.3. The molecule has 0 N–H and O–H groups in total. The minimum Gasteiger partial charge on any atom is -0.489 e. The van der Waals surface area contributed by atoms with Crippen molar-refractivity contribution in [2.24, 2.45) is 4.99 Å². The van der Waals surface area contributed by atoms with Crippen LogP contribution in [0.15, 0.2) is 52.4 Å². The fourth-order valence-electron chi connectivity index (χ4n) is 2.43. The van der Waals surface area contributed by atoms with Crippen molar-refractivity contribution in [3.63, 3.8) is 0 Å². The lowest BCUT2D eigenvalue weighted by Crippen LogP contribution is -2.23. The molecule has 0 aliphatic carbocycles. The summed E-state index contributed by atoms with van der Waals surface area (Å²) in [7, 11) is 1.71. The van der Waals surface area contributed by atoms with Gasteiger partial charge in [-0.1, -0.05) is 36.2 Å². The molecule has 0 unspecified atom stereocenters. The Balaban J connectivity index is 1.81. The first kappa shape index (κ1) is 20.8. The quantitative estimate of drug-likeness (QED) is 0.510. The van der Waals surface area contributed by atoms with Crippen LogP contribution in [0, 0.1) is 0 Å². The maximum Gasteiger partial charge on any atom is 0.266 e. The average molecular weight is 435 g/mol. The number of carbonyl (C=O) groups excluding carboxylic acids is 1. The summed E-state index contributed by atoms with van der Waals surface area (Å²) >= 11 is 13.6. The number of amidine groups is 1. The number of ether oxygens (including phenoxy) is 1. The molecule has 1 heterocycles. The molecule has 0 aromatic heterocycles. The Morgan fingerprint density at radius 2 is 1.93 bits per heavy atom. The molecule has 0 bridgehead atoms. The summed E-state index contributed by atoms with van der Waals surface area (Å²) < 4.78 is 5.79. The third kappa shape index (κ3) is 4.90. The summed E-state index contributed by atoms with van der Waals surface area (Å²) in [6.45, 7) is 4.05. The van der Waals surface area contributed by atoms with Crippen LogP contribution in [-0.4, -0.2) is 29.1 Å². The standard InChI is InChI=1S/C21H20Cl2N2O2S/c1-4-13(2)27-18-10-5-14(11-17(18)23)12-19-20(26)25(3)21(28-19)24-16-8-6-15(22)7-9-16/h5-13H,4H2,1-3H3/b19-12-,24-21?/t13-/m1/s1. The summed E-state index contributed by atoms with van der Waals surface area (Å²) in [6, 6.07) is 12.7. The predicted molar refractivity (Wildman–Crippen MR) is 119 cm³/mol. The van der Waals surface area contributed by atoms with Crippen LogP contribution in [0.4, 0.5) is 5.69 Å². The van der Waals surface area contributed by atoms with Gasteiger partial charge in [0.25, 0.3) is 5.91 Å². The van der Waals surface area contributed by atoms with Gasteiger partial charge in [0, 0.05) is 12.1 Å². The third-order valence-corrected chi connectivity index (χ3v) is 5.82. The van der Waals surface area contributed by atoms with Gasteiger partial charge in [-0.05, 0) is 73.1 Å². The number of rotatable bonds is 5. The monoisotopic (exact) mass is 434 g/mol. The molecule has 28 heavy (non-hydrogen) atoms. The van der Waals surface area contributed by atoms with E-state index >= 15 is 0 Å². The molecule has 2 aromatic rings. The Kier molecular flexibility index (Phi) is 6.70. The number of hydrogen-bond donors (Lipinski definition) is 0. The van der Waals surface area contributed by atoms with Crippen molar-refractivity contribution in [2.45, 2.75) is 26.4 Å². The first-order valence-corrected chi connectivity index (χ1v) is 10.4. The molecule has 1 aliphatic rings. The molecule has 0 radical (unpaired) electrons. The Bertz CT molecular complexity index is 942. The van der Waals surface area contributed by atoms with E-state index in [4.69, 9.17) is 27.9 Å². The molecule has 1 atom stereocenters. The largest absolute Gasteiger partial charge is 0.489 e. The van der Waals surface area contributed by atoms with Crippen LogP contribution in [0.25, 0.3) is 6.08 Å². The zero-order valence-corrected chi connectivity index (χ0v) is 18.1. The molecule has 0 spiro atoms. The van der Waals surface area contributed by atoms with E-state index in [2.05, 4.69) is 11.9 Å². The highest BCUT2D eigenvalue weighted by Crippen LogP contribution is 2.34. The van der Waals surface area contributed by atoms with Crippen LogP contribution >= 0.6 is 35.0 Å². The molecule has 1 aliphatic heterocycles. The van der Waals surface area contributed by atoms with Gasteiger partial charge in [-0.25, -0.2) is 4.99 Å². The molecule has 1 fully saturated rings. The highest BCUT2D eigenvalue weighted by atomic mass is 35.5. The van der Waals surface area contributed by atoms with Crippen LogP contribution in [0.2, 0.25) is 10.0 Å². The molecule has 0 saturated carbocycles. The van der Waals surface area contributed by atoms with Gasteiger partial charge in [-0.2, -0.15) is 0 Å². The lowest BCUT2D eigenvalue weighted by atomic mass is 10.2. The van der Waals surface area contributed by atoms with Gasteiger partial charge in [-0.3, -0.25) is 9.69 Å². The predicted octanol–water partition coefficient (Wildman–Crippen LogP) is 6.40. The fraction of sp³-hybridized carbons (Fsp3) is 0.238. The topological polar surface area (TPSA) is 41.9 Å². The van der Waals surface area contributed by atoms with E-state index in [-0.39, 0.29) is 12.0 Å². The van der Waals surface area contributed by atoms with Gasteiger partial charge in [0.1, 0.15) is 5.75 Å². The maximum atomic E-state index is 12.6. The molecular weight excluding hydrogens is 415 g/mol. The van der Waals surface area contributed by atoms with E-state index in [9.17, 15) is 4.79 Å². The van der Waals surface area contributed by atoms with E-state index in [1.165, 1.54) is 16.7 Å². The SMILES string of the molecule is CC[C@@H](C)Oc1ccc(/C=C2\SC(=Nc3ccc(Cl)cc3)N(C)C2=O)cc1Cl. The molecule has 146 valence electrons. The highest BCUT2D eigenvalue weighted by molar-refractivity contribution is 8.18. The number of halogens is 2. The molecule has 3 rings (SSSR count). The van der Waals surface area contributed by atoms with Crippen LogP contribution in [-0.2, 0) is 4.79 Å².